The summed E-state index contributed by atoms with van der Waals surface area (Å²) in [4.78, 5) is 28.3. The predicted octanol–water partition coefficient (Wildman–Crippen LogP) is 1.90. The zero-order valence-corrected chi connectivity index (χ0v) is 17.4. The number of alkyl carbamates (subject to hydrolysis) is 1. The van der Waals surface area contributed by atoms with Crippen LogP contribution >= 0.6 is 0 Å². The number of ether oxygens (including phenoxy) is 4. The van der Waals surface area contributed by atoms with E-state index >= 15 is 0 Å². The summed E-state index contributed by atoms with van der Waals surface area (Å²) in [7, 11) is 1.25. The molecule has 3 N–H and O–H groups in total. The van der Waals surface area contributed by atoms with Gasteiger partial charge in [-0.3, -0.25) is 4.99 Å². The third-order valence-corrected chi connectivity index (χ3v) is 3.90. The van der Waals surface area contributed by atoms with Gasteiger partial charge in [-0.15, -0.1) is 0 Å². The molecule has 0 aromatic carbocycles. The molecule has 28 heavy (non-hydrogen) atoms. The van der Waals surface area contributed by atoms with Gasteiger partial charge < -0.3 is 30.0 Å². The van der Waals surface area contributed by atoms with Crippen LogP contribution in [0.2, 0.25) is 0 Å². The number of rotatable bonds is 9. The number of methoxy groups -OCH3 is 1. The molecule has 1 heterocycles. The topological polar surface area (TPSA) is 121 Å². The Hall–Kier alpha value is -2.13. The first kappa shape index (κ1) is 23.9. The minimum atomic E-state index is -0.930. The Balaban J connectivity index is 2.54. The van der Waals surface area contributed by atoms with E-state index in [-0.39, 0.29) is 6.42 Å². The summed E-state index contributed by atoms with van der Waals surface area (Å²) in [5.74, 6) is -1.13. The van der Waals surface area contributed by atoms with Crippen LogP contribution in [0.25, 0.3) is 0 Å². The Bertz CT molecular complexity index is 577. The number of nitrogens with zero attached hydrogens (tertiary/aromatic N) is 1. The highest BCUT2D eigenvalue weighted by Crippen LogP contribution is 2.23. The molecule has 1 rings (SSSR count). The van der Waals surface area contributed by atoms with Crippen molar-refractivity contribution in [2.75, 3.05) is 26.9 Å². The SMILES string of the molecule is COC(=O)C(CC(C=NCCCC1(C)OCCO1)=CN)NC(=O)OC(C)(C)C. The Labute approximate surface area is 166 Å². The monoisotopic (exact) mass is 399 g/mol. The van der Waals surface area contributed by atoms with E-state index in [4.69, 9.17) is 24.7 Å². The molecule has 1 atom stereocenters. The smallest absolute Gasteiger partial charge is 0.408 e. The fourth-order valence-electron chi connectivity index (χ4n) is 2.56. The molecule has 0 radical (unpaired) electrons. The lowest BCUT2D eigenvalue weighted by Crippen LogP contribution is -2.44. The number of carbonyl (C=O) groups excluding carboxylic acids is 2. The molecule has 1 unspecified atom stereocenters. The summed E-state index contributed by atoms with van der Waals surface area (Å²) in [5, 5.41) is 2.51. The lowest BCUT2D eigenvalue weighted by atomic mass is 10.1. The molecule has 0 aromatic heterocycles. The number of carbonyl (C=O) groups is 2. The maximum atomic E-state index is 12.0. The highest BCUT2D eigenvalue weighted by atomic mass is 16.7. The van der Waals surface area contributed by atoms with Crippen molar-refractivity contribution in [1.29, 1.82) is 0 Å². The van der Waals surface area contributed by atoms with Crippen LogP contribution in [-0.4, -0.2) is 62.6 Å². The van der Waals surface area contributed by atoms with E-state index in [1.807, 2.05) is 6.92 Å². The number of nitrogens with one attached hydrogen (secondary N) is 1. The van der Waals surface area contributed by atoms with Crippen molar-refractivity contribution in [2.45, 2.75) is 64.4 Å². The van der Waals surface area contributed by atoms with Gasteiger partial charge in [0.25, 0.3) is 0 Å². The number of esters is 1. The summed E-state index contributed by atoms with van der Waals surface area (Å²) in [6, 6.07) is -0.930. The molecule has 0 aliphatic carbocycles. The van der Waals surface area contributed by atoms with Crippen LogP contribution in [0.3, 0.4) is 0 Å². The van der Waals surface area contributed by atoms with Crippen LogP contribution in [-0.2, 0) is 23.7 Å². The van der Waals surface area contributed by atoms with Gasteiger partial charge >= 0.3 is 12.1 Å². The van der Waals surface area contributed by atoms with Gasteiger partial charge in [-0.2, -0.15) is 0 Å². The van der Waals surface area contributed by atoms with Crippen LogP contribution in [0.1, 0.15) is 47.0 Å². The van der Waals surface area contributed by atoms with E-state index in [2.05, 4.69) is 10.3 Å². The maximum Gasteiger partial charge on any atom is 0.408 e. The maximum absolute atomic E-state index is 12.0. The number of hydrogen-bond donors (Lipinski definition) is 2. The Kier molecular flexibility index (Phi) is 9.40. The summed E-state index contributed by atoms with van der Waals surface area (Å²) in [6.45, 7) is 8.90. The van der Waals surface area contributed by atoms with Gasteiger partial charge in [0.1, 0.15) is 11.6 Å². The average molecular weight is 399 g/mol. The molecule has 0 bridgehead atoms. The van der Waals surface area contributed by atoms with Crippen molar-refractivity contribution in [3.63, 3.8) is 0 Å². The number of amides is 1. The molecule has 0 aromatic rings. The first-order valence-electron chi connectivity index (χ1n) is 9.34. The molecule has 1 amide bonds. The third kappa shape index (κ3) is 9.18. The van der Waals surface area contributed by atoms with Gasteiger partial charge in [-0.25, -0.2) is 9.59 Å². The van der Waals surface area contributed by atoms with Gasteiger partial charge in [-0.05, 0) is 45.9 Å². The molecule has 0 spiro atoms. The molecule has 1 aliphatic rings. The molecule has 9 heteroatoms. The van der Waals surface area contributed by atoms with Crippen molar-refractivity contribution in [3.8, 4) is 0 Å². The fourth-order valence-corrected chi connectivity index (χ4v) is 2.56. The zero-order valence-electron chi connectivity index (χ0n) is 17.4. The molecule has 0 saturated carbocycles. The quantitative estimate of drug-likeness (QED) is 0.345. The van der Waals surface area contributed by atoms with Crippen LogP contribution in [0.15, 0.2) is 16.8 Å². The largest absolute Gasteiger partial charge is 0.467 e. The summed E-state index contributed by atoms with van der Waals surface area (Å²) in [6.07, 6.45) is 3.88. The predicted molar refractivity (Wildman–Crippen MR) is 105 cm³/mol. The first-order chi connectivity index (χ1) is 13.1. The van der Waals surface area contributed by atoms with Gasteiger partial charge in [0.15, 0.2) is 5.79 Å². The van der Waals surface area contributed by atoms with Gasteiger partial charge in [0, 0.05) is 25.6 Å². The molecule has 1 saturated heterocycles. The Morgan fingerprint density at radius 1 is 1.32 bits per heavy atom. The lowest BCUT2D eigenvalue weighted by molar-refractivity contribution is -0.147. The first-order valence-corrected chi connectivity index (χ1v) is 9.34. The molecular formula is C19H33N3O6. The van der Waals surface area contributed by atoms with Crippen LogP contribution in [0.4, 0.5) is 4.79 Å². The van der Waals surface area contributed by atoms with E-state index < -0.39 is 29.5 Å². The molecule has 1 aliphatic heterocycles. The van der Waals surface area contributed by atoms with E-state index in [9.17, 15) is 9.59 Å². The summed E-state index contributed by atoms with van der Waals surface area (Å²) >= 11 is 0. The van der Waals surface area contributed by atoms with Gasteiger partial charge in [0.05, 0.1) is 20.3 Å². The Morgan fingerprint density at radius 3 is 2.50 bits per heavy atom. The van der Waals surface area contributed by atoms with Gasteiger partial charge in [-0.1, -0.05) is 0 Å². The van der Waals surface area contributed by atoms with Crippen molar-refractivity contribution in [3.05, 3.63) is 11.8 Å². The number of nitrogens with two attached hydrogens (primary N) is 1. The number of aliphatic imine (C=N–C) groups is 1. The molecule has 160 valence electrons. The second-order valence-corrected chi connectivity index (χ2v) is 7.64. The summed E-state index contributed by atoms with van der Waals surface area (Å²) < 4.78 is 21.0. The normalized spacial score (nSPS) is 18.1. The molecule has 1 fully saturated rings. The zero-order chi connectivity index (χ0) is 21.2. The van der Waals surface area contributed by atoms with Crippen molar-refractivity contribution in [2.24, 2.45) is 10.7 Å². The van der Waals surface area contributed by atoms with E-state index in [0.717, 1.165) is 12.8 Å². The highest BCUT2D eigenvalue weighted by molar-refractivity contribution is 5.85. The van der Waals surface area contributed by atoms with Crippen LogP contribution < -0.4 is 11.1 Å². The van der Waals surface area contributed by atoms with E-state index in [1.54, 1.807) is 27.0 Å². The van der Waals surface area contributed by atoms with Crippen molar-refractivity contribution < 1.29 is 28.5 Å². The standard InChI is InChI=1S/C19H33N3O6/c1-18(2,3)28-17(24)22-15(16(23)25-5)11-14(12-20)13-21-8-6-7-19(4)26-9-10-27-19/h12-13,15H,6-11,20H2,1-5H3,(H,22,24). The highest BCUT2D eigenvalue weighted by Gasteiger charge is 2.30. The second kappa shape index (κ2) is 11.0. The molecule has 9 nitrogen and oxygen atoms in total. The minimum absolute atomic E-state index is 0.135. The molecular weight excluding hydrogens is 366 g/mol. The third-order valence-electron chi connectivity index (χ3n) is 3.90. The number of hydrogen-bond acceptors (Lipinski definition) is 8. The van der Waals surface area contributed by atoms with Crippen LogP contribution in [0, 0.1) is 0 Å². The average Bonchev–Trinajstić information content (AvgIpc) is 3.03. The van der Waals surface area contributed by atoms with Crippen molar-refractivity contribution in [1.82, 2.24) is 5.32 Å². The minimum Gasteiger partial charge on any atom is -0.467 e. The lowest BCUT2D eigenvalue weighted by Gasteiger charge is -2.22. The second-order valence-electron chi connectivity index (χ2n) is 7.64. The van der Waals surface area contributed by atoms with Gasteiger partial charge in [0.2, 0.25) is 0 Å². The van der Waals surface area contributed by atoms with E-state index in [1.165, 1.54) is 13.3 Å². The Morgan fingerprint density at radius 2 is 1.96 bits per heavy atom. The van der Waals surface area contributed by atoms with Crippen molar-refractivity contribution >= 4 is 18.3 Å². The summed E-state index contributed by atoms with van der Waals surface area (Å²) in [5.41, 5.74) is 5.55. The fraction of sp³-hybridized carbons (Fsp3) is 0.737. The van der Waals surface area contributed by atoms with E-state index in [0.29, 0.717) is 25.3 Å². The van der Waals surface area contributed by atoms with Crippen LogP contribution in [0.5, 0.6) is 0 Å².